The number of hydrogen-bond donors (Lipinski definition) is 1. The molecule has 7 nitrogen and oxygen atoms in total. The first kappa shape index (κ1) is 21.8. The fourth-order valence-electron chi connectivity index (χ4n) is 3.55. The van der Waals surface area contributed by atoms with E-state index in [-0.39, 0.29) is 12.5 Å². The smallest absolute Gasteiger partial charge is 0.262 e. The predicted molar refractivity (Wildman–Crippen MR) is 135 cm³/mol. The molecule has 34 heavy (non-hydrogen) atoms. The fraction of sp³-hybridized carbons (Fsp3) is 0.154. The molecule has 1 amide bonds. The molecule has 1 N–H and O–H groups in total. The first-order chi connectivity index (χ1) is 16.6. The quantitative estimate of drug-likeness (QED) is 0.409. The van der Waals surface area contributed by atoms with Crippen molar-refractivity contribution in [2.45, 2.75) is 19.8 Å². The number of anilines is 1. The minimum Gasteiger partial charge on any atom is -0.482 e. The SMILES string of the molecule is CC(C)c1ccc(C=Nn2c(-c3ccc4c(c3)NC(=O)CO4)csc2=Nc2cccnc2)cc1. The number of carbonyl (C=O) groups excluding carboxylic acids is 1. The van der Waals surface area contributed by atoms with Gasteiger partial charge in [0.15, 0.2) is 6.61 Å². The van der Waals surface area contributed by atoms with Gasteiger partial charge in [-0.2, -0.15) is 5.10 Å². The molecule has 0 bridgehead atoms. The van der Waals surface area contributed by atoms with Gasteiger partial charge < -0.3 is 10.1 Å². The lowest BCUT2D eigenvalue weighted by molar-refractivity contribution is -0.118. The van der Waals surface area contributed by atoms with Gasteiger partial charge in [-0.15, -0.1) is 11.3 Å². The zero-order chi connectivity index (χ0) is 23.5. The summed E-state index contributed by atoms with van der Waals surface area (Å²) in [6.45, 7) is 4.38. The van der Waals surface area contributed by atoms with Crippen molar-refractivity contribution in [3.8, 4) is 17.0 Å². The third-order valence-electron chi connectivity index (χ3n) is 5.39. The number of pyridine rings is 1. The van der Waals surface area contributed by atoms with Gasteiger partial charge >= 0.3 is 0 Å². The Balaban J connectivity index is 1.58. The van der Waals surface area contributed by atoms with Crippen LogP contribution < -0.4 is 14.9 Å². The zero-order valence-corrected chi connectivity index (χ0v) is 19.6. The van der Waals surface area contributed by atoms with Crippen LogP contribution in [0, 0.1) is 0 Å². The van der Waals surface area contributed by atoms with Crippen molar-refractivity contribution in [2.75, 3.05) is 11.9 Å². The molecular weight excluding hydrogens is 446 g/mol. The molecule has 0 spiro atoms. The summed E-state index contributed by atoms with van der Waals surface area (Å²) >= 11 is 1.48. The number of amides is 1. The summed E-state index contributed by atoms with van der Waals surface area (Å²) in [5.41, 5.74) is 5.41. The molecule has 2 aromatic heterocycles. The molecule has 0 saturated carbocycles. The minimum atomic E-state index is -0.169. The van der Waals surface area contributed by atoms with E-state index in [0.717, 1.165) is 22.5 Å². The Morgan fingerprint density at radius 2 is 2.03 bits per heavy atom. The molecule has 0 unspecified atom stereocenters. The lowest BCUT2D eigenvalue weighted by atomic mass is 10.0. The van der Waals surface area contributed by atoms with Gasteiger partial charge in [-0.05, 0) is 47.4 Å². The lowest BCUT2D eigenvalue weighted by Crippen LogP contribution is -2.25. The summed E-state index contributed by atoms with van der Waals surface area (Å²) in [6.07, 6.45) is 5.26. The summed E-state index contributed by atoms with van der Waals surface area (Å²) in [5.74, 6) is 0.958. The maximum Gasteiger partial charge on any atom is 0.262 e. The number of hydrogen-bond acceptors (Lipinski definition) is 6. The van der Waals surface area contributed by atoms with Gasteiger partial charge in [-0.3, -0.25) is 9.78 Å². The third kappa shape index (κ3) is 4.67. The number of carbonyl (C=O) groups is 1. The Morgan fingerprint density at radius 3 is 2.79 bits per heavy atom. The number of aromatic nitrogens is 2. The van der Waals surface area contributed by atoms with Crippen LogP contribution in [0.5, 0.6) is 5.75 Å². The molecular formula is C26H23N5O2S. The first-order valence-electron chi connectivity index (χ1n) is 10.9. The number of ether oxygens (including phenoxy) is 1. The van der Waals surface area contributed by atoms with E-state index in [1.165, 1.54) is 16.9 Å². The van der Waals surface area contributed by atoms with Crippen molar-refractivity contribution in [1.82, 2.24) is 9.66 Å². The van der Waals surface area contributed by atoms with Crippen molar-refractivity contribution >= 4 is 34.8 Å². The van der Waals surface area contributed by atoms with Crippen LogP contribution >= 0.6 is 11.3 Å². The van der Waals surface area contributed by atoms with Gasteiger partial charge in [0.2, 0.25) is 4.80 Å². The van der Waals surface area contributed by atoms with Crippen LogP contribution in [-0.2, 0) is 4.79 Å². The van der Waals surface area contributed by atoms with Crippen LogP contribution in [0.1, 0.15) is 30.9 Å². The average molecular weight is 470 g/mol. The largest absolute Gasteiger partial charge is 0.482 e. The Labute approximate surface area is 201 Å². The van der Waals surface area contributed by atoms with Crippen molar-refractivity contribution in [1.29, 1.82) is 0 Å². The van der Waals surface area contributed by atoms with Crippen LogP contribution in [0.25, 0.3) is 11.3 Å². The van der Waals surface area contributed by atoms with Gasteiger partial charge in [0.25, 0.3) is 5.91 Å². The second-order valence-corrected chi connectivity index (χ2v) is 8.99. The second-order valence-electron chi connectivity index (χ2n) is 8.15. The number of thiazole rings is 1. The van der Waals surface area contributed by atoms with Crippen molar-refractivity contribution < 1.29 is 9.53 Å². The molecule has 4 aromatic rings. The van der Waals surface area contributed by atoms with Crippen molar-refractivity contribution in [3.05, 3.63) is 88.3 Å². The molecule has 0 radical (unpaired) electrons. The topological polar surface area (TPSA) is 80.9 Å². The highest BCUT2D eigenvalue weighted by Crippen LogP contribution is 2.33. The Bertz CT molecular complexity index is 1420. The Kier molecular flexibility index (Phi) is 6.05. The molecule has 5 rings (SSSR count). The summed E-state index contributed by atoms with van der Waals surface area (Å²) in [5, 5.41) is 9.65. The number of nitrogens with zero attached hydrogens (tertiary/aromatic N) is 4. The molecule has 3 heterocycles. The molecule has 170 valence electrons. The maximum absolute atomic E-state index is 11.8. The molecule has 0 aliphatic carbocycles. The number of fused-ring (bicyclic) bond motifs is 1. The first-order valence-corrected chi connectivity index (χ1v) is 11.8. The second kappa shape index (κ2) is 9.44. The summed E-state index contributed by atoms with van der Waals surface area (Å²) < 4.78 is 7.31. The number of rotatable bonds is 5. The minimum absolute atomic E-state index is 0.0266. The van der Waals surface area contributed by atoms with E-state index < -0.39 is 0 Å². The van der Waals surface area contributed by atoms with E-state index in [1.54, 1.807) is 17.1 Å². The Hall–Kier alpha value is -4.04. The van der Waals surface area contributed by atoms with Crippen molar-refractivity contribution in [3.63, 3.8) is 0 Å². The van der Waals surface area contributed by atoms with E-state index in [9.17, 15) is 4.79 Å². The maximum atomic E-state index is 11.8. The number of nitrogens with one attached hydrogen (secondary N) is 1. The van der Waals surface area contributed by atoms with Gasteiger partial charge in [-0.25, -0.2) is 9.67 Å². The van der Waals surface area contributed by atoms with E-state index in [0.29, 0.717) is 22.2 Å². The predicted octanol–water partition coefficient (Wildman–Crippen LogP) is 5.18. The van der Waals surface area contributed by atoms with Crippen LogP contribution in [0.2, 0.25) is 0 Å². The molecule has 0 saturated heterocycles. The summed E-state index contributed by atoms with van der Waals surface area (Å²) in [6, 6.07) is 17.8. The van der Waals surface area contributed by atoms with Crippen LogP contribution in [0.4, 0.5) is 11.4 Å². The van der Waals surface area contributed by atoms with Crippen molar-refractivity contribution in [2.24, 2.45) is 10.1 Å². The molecule has 8 heteroatoms. The highest BCUT2D eigenvalue weighted by molar-refractivity contribution is 7.07. The number of benzene rings is 2. The lowest BCUT2D eigenvalue weighted by Gasteiger charge is -2.18. The highest BCUT2D eigenvalue weighted by Gasteiger charge is 2.18. The average Bonchev–Trinajstić information content (AvgIpc) is 3.25. The van der Waals surface area contributed by atoms with Crippen LogP contribution in [-0.4, -0.2) is 28.4 Å². The fourth-order valence-corrected chi connectivity index (χ4v) is 4.41. The van der Waals surface area contributed by atoms with Crippen LogP contribution in [0.15, 0.2) is 82.5 Å². The van der Waals surface area contributed by atoms with Gasteiger partial charge in [0.1, 0.15) is 5.75 Å². The molecule has 0 atom stereocenters. The molecule has 2 aromatic carbocycles. The third-order valence-corrected chi connectivity index (χ3v) is 6.21. The molecule has 1 aliphatic rings. The normalized spacial score (nSPS) is 13.7. The molecule has 1 aliphatic heterocycles. The van der Waals surface area contributed by atoms with Gasteiger partial charge in [-0.1, -0.05) is 38.1 Å². The Morgan fingerprint density at radius 1 is 1.18 bits per heavy atom. The standard InChI is InChI=1S/C26H23N5O2S/c1-17(2)19-7-5-18(6-8-19)13-28-31-23(16-34-26(31)29-21-4-3-11-27-14-21)20-9-10-24-22(12-20)30-25(32)15-33-24/h3-14,16-17H,15H2,1-2H3,(H,30,32). The summed E-state index contributed by atoms with van der Waals surface area (Å²) in [7, 11) is 0. The van der Waals surface area contributed by atoms with Gasteiger partial charge in [0.05, 0.1) is 29.5 Å². The zero-order valence-electron chi connectivity index (χ0n) is 18.8. The van der Waals surface area contributed by atoms with Gasteiger partial charge in [0, 0.05) is 17.1 Å². The molecule has 0 fully saturated rings. The summed E-state index contributed by atoms with van der Waals surface area (Å²) in [4.78, 5) is 21.4. The monoisotopic (exact) mass is 469 g/mol. The van der Waals surface area contributed by atoms with Crippen LogP contribution in [0.3, 0.4) is 0 Å². The van der Waals surface area contributed by atoms with E-state index in [1.807, 2.05) is 41.9 Å². The van der Waals surface area contributed by atoms with E-state index >= 15 is 0 Å². The highest BCUT2D eigenvalue weighted by atomic mass is 32.1. The van der Waals surface area contributed by atoms with E-state index in [2.05, 4.69) is 48.4 Å². The van der Waals surface area contributed by atoms with E-state index in [4.69, 9.17) is 14.8 Å².